The van der Waals surface area contributed by atoms with Gasteiger partial charge < -0.3 is 4.90 Å². The lowest BCUT2D eigenvalue weighted by Crippen LogP contribution is -2.54. The zero-order chi connectivity index (χ0) is 18.0. The minimum absolute atomic E-state index is 0.121. The second-order valence-corrected chi connectivity index (χ2v) is 7.83. The van der Waals surface area contributed by atoms with Crippen molar-refractivity contribution in [3.63, 3.8) is 0 Å². The topological polar surface area (TPSA) is 49.3 Å². The fraction of sp³-hybridized carbons (Fsp3) is 0.476. The van der Waals surface area contributed by atoms with Gasteiger partial charge in [0.05, 0.1) is 11.3 Å². The maximum absolute atomic E-state index is 12.6. The first-order valence-electron chi connectivity index (χ1n) is 9.45. The molecule has 136 valence electrons. The Bertz CT molecular complexity index is 733. The van der Waals surface area contributed by atoms with Crippen LogP contribution in [-0.4, -0.2) is 51.9 Å². The van der Waals surface area contributed by atoms with E-state index in [0.29, 0.717) is 17.0 Å². The molecule has 2 aromatic rings. The molecule has 1 saturated heterocycles. The standard InChI is InChI=1S/C21H26N4O/c1-24(16-18-6-2-3-10-23-18)19-13-21(14-19)7-11-25(12-8-21)20(26)17-5-4-9-22-15-17/h2-6,9-10,15,19H,7-8,11-14,16H2,1H3. The third-order valence-electron chi connectivity index (χ3n) is 6.12. The number of carbonyl (C=O) groups excluding carboxylic acids is 1. The number of pyridine rings is 2. The summed E-state index contributed by atoms with van der Waals surface area (Å²) in [5, 5.41) is 0. The minimum Gasteiger partial charge on any atom is -0.339 e. The van der Waals surface area contributed by atoms with Crippen molar-refractivity contribution in [2.24, 2.45) is 5.41 Å². The summed E-state index contributed by atoms with van der Waals surface area (Å²) in [5.74, 6) is 0.121. The summed E-state index contributed by atoms with van der Waals surface area (Å²) in [4.78, 5) is 25.5. The van der Waals surface area contributed by atoms with Gasteiger partial charge in [0.15, 0.2) is 0 Å². The highest BCUT2D eigenvalue weighted by Gasteiger charge is 2.47. The fourth-order valence-corrected chi connectivity index (χ4v) is 4.39. The van der Waals surface area contributed by atoms with Gasteiger partial charge in [-0.3, -0.25) is 19.7 Å². The molecule has 0 atom stereocenters. The number of likely N-dealkylation sites (tertiary alicyclic amines) is 1. The summed E-state index contributed by atoms with van der Waals surface area (Å²) in [6.45, 7) is 2.64. The Morgan fingerprint density at radius 1 is 1.19 bits per heavy atom. The summed E-state index contributed by atoms with van der Waals surface area (Å²) >= 11 is 0. The summed E-state index contributed by atoms with van der Waals surface area (Å²) < 4.78 is 0. The average Bonchev–Trinajstić information content (AvgIpc) is 2.67. The van der Waals surface area contributed by atoms with Crippen LogP contribution in [-0.2, 0) is 6.54 Å². The SMILES string of the molecule is CN(Cc1ccccn1)C1CC2(CCN(C(=O)c3cccnc3)CC2)C1. The zero-order valence-electron chi connectivity index (χ0n) is 15.3. The second kappa shape index (κ2) is 7.16. The highest BCUT2D eigenvalue weighted by Crippen LogP contribution is 2.50. The van der Waals surface area contributed by atoms with Gasteiger partial charge in [0.1, 0.15) is 0 Å². The molecule has 1 amide bonds. The minimum atomic E-state index is 0.121. The van der Waals surface area contributed by atoms with Crippen molar-refractivity contribution < 1.29 is 4.79 Å². The lowest BCUT2D eigenvalue weighted by atomic mass is 9.60. The largest absolute Gasteiger partial charge is 0.339 e. The molecule has 3 heterocycles. The molecule has 0 N–H and O–H groups in total. The summed E-state index contributed by atoms with van der Waals surface area (Å²) in [6, 6.07) is 10.4. The second-order valence-electron chi connectivity index (χ2n) is 7.83. The van der Waals surface area contributed by atoms with E-state index in [1.54, 1.807) is 12.4 Å². The first kappa shape index (κ1) is 17.2. The molecule has 5 nitrogen and oxygen atoms in total. The van der Waals surface area contributed by atoms with E-state index >= 15 is 0 Å². The summed E-state index contributed by atoms with van der Waals surface area (Å²) in [6.07, 6.45) is 9.95. The molecule has 26 heavy (non-hydrogen) atoms. The van der Waals surface area contributed by atoms with Crippen LogP contribution in [0.3, 0.4) is 0 Å². The molecule has 2 aliphatic rings. The molecule has 0 unspecified atom stereocenters. The van der Waals surface area contributed by atoms with Gasteiger partial charge >= 0.3 is 0 Å². The van der Waals surface area contributed by atoms with Crippen molar-refractivity contribution in [2.75, 3.05) is 20.1 Å². The number of hydrogen-bond donors (Lipinski definition) is 0. The number of hydrogen-bond acceptors (Lipinski definition) is 4. The van der Waals surface area contributed by atoms with Crippen molar-refractivity contribution in [3.8, 4) is 0 Å². The molecule has 1 aliphatic heterocycles. The monoisotopic (exact) mass is 350 g/mol. The molecule has 5 heteroatoms. The van der Waals surface area contributed by atoms with E-state index in [9.17, 15) is 4.79 Å². The highest BCUT2D eigenvalue weighted by molar-refractivity contribution is 5.93. The zero-order valence-corrected chi connectivity index (χ0v) is 15.3. The lowest BCUT2D eigenvalue weighted by Gasteiger charge is -2.54. The number of aromatic nitrogens is 2. The van der Waals surface area contributed by atoms with Gasteiger partial charge in [-0.05, 0) is 62.4 Å². The quantitative estimate of drug-likeness (QED) is 0.851. The molecular formula is C21H26N4O. The first-order valence-corrected chi connectivity index (χ1v) is 9.45. The molecule has 2 fully saturated rings. The number of piperidine rings is 1. The van der Waals surface area contributed by atoms with E-state index in [2.05, 4.69) is 28.0 Å². The molecular weight excluding hydrogens is 324 g/mol. The maximum atomic E-state index is 12.6. The van der Waals surface area contributed by atoms with Gasteiger partial charge in [-0.2, -0.15) is 0 Å². The summed E-state index contributed by atoms with van der Waals surface area (Å²) in [5.41, 5.74) is 2.27. The number of amides is 1. The van der Waals surface area contributed by atoms with Crippen molar-refractivity contribution >= 4 is 5.91 Å². The van der Waals surface area contributed by atoms with Crippen LogP contribution in [0, 0.1) is 5.41 Å². The highest BCUT2D eigenvalue weighted by atomic mass is 16.2. The fourth-order valence-electron chi connectivity index (χ4n) is 4.39. The lowest BCUT2D eigenvalue weighted by molar-refractivity contribution is -0.0331. The van der Waals surface area contributed by atoms with Gasteiger partial charge in [0, 0.05) is 44.3 Å². The number of carbonyl (C=O) groups is 1. The third-order valence-corrected chi connectivity index (χ3v) is 6.12. The van der Waals surface area contributed by atoms with Crippen LogP contribution in [0.15, 0.2) is 48.9 Å². The van der Waals surface area contributed by atoms with Crippen molar-refractivity contribution in [1.82, 2.24) is 19.8 Å². The van der Waals surface area contributed by atoms with E-state index in [0.717, 1.165) is 38.2 Å². The Morgan fingerprint density at radius 2 is 2.00 bits per heavy atom. The van der Waals surface area contributed by atoms with E-state index in [4.69, 9.17) is 0 Å². The molecule has 1 saturated carbocycles. The predicted molar refractivity (Wildman–Crippen MR) is 101 cm³/mol. The van der Waals surface area contributed by atoms with Crippen LogP contribution < -0.4 is 0 Å². The Hall–Kier alpha value is -2.27. The number of rotatable bonds is 4. The van der Waals surface area contributed by atoms with Crippen molar-refractivity contribution in [2.45, 2.75) is 38.3 Å². The molecule has 1 spiro atoms. The first-order chi connectivity index (χ1) is 12.7. The molecule has 0 radical (unpaired) electrons. The van der Waals surface area contributed by atoms with Crippen LogP contribution in [0.1, 0.15) is 41.7 Å². The van der Waals surface area contributed by atoms with Crippen LogP contribution in [0.5, 0.6) is 0 Å². The Labute approximate surface area is 155 Å². The van der Waals surface area contributed by atoms with Crippen LogP contribution >= 0.6 is 0 Å². The van der Waals surface area contributed by atoms with Gasteiger partial charge in [-0.25, -0.2) is 0 Å². The number of nitrogens with zero attached hydrogens (tertiary/aromatic N) is 4. The molecule has 0 aromatic carbocycles. The predicted octanol–water partition coefficient (Wildman–Crippen LogP) is 2.99. The molecule has 0 bridgehead atoms. The average molecular weight is 350 g/mol. The molecule has 1 aliphatic carbocycles. The van der Waals surface area contributed by atoms with Crippen LogP contribution in [0.2, 0.25) is 0 Å². The Balaban J connectivity index is 1.27. The van der Waals surface area contributed by atoms with Crippen molar-refractivity contribution in [1.29, 1.82) is 0 Å². The van der Waals surface area contributed by atoms with E-state index in [-0.39, 0.29) is 5.91 Å². The van der Waals surface area contributed by atoms with E-state index in [1.165, 1.54) is 12.8 Å². The molecule has 2 aromatic heterocycles. The van der Waals surface area contributed by atoms with Gasteiger partial charge in [-0.15, -0.1) is 0 Å². The van der Waals surface area contributed by atoms with E-state index in [1.807, 2.05) is 35.4 Å². The van der Waals surface area contributed by atoms with Crippen LogP contribution in [0.4, 0.5) is 0 Å². The maximum Gasteiger partial charge on any atom is 0.255 e. The van der Waals surface area contributed by atoms with Gasteiger partial charge in [0.25, 0.3) is 5.91 Å². The Kier molecular flexibility index (Phi) is 4.72. The molecule has 4 rings (SSSR count). The normalized spacial score (nSPS) is 19.5. The van der Waals surface area contributed by atoms with Gasteiger partial charge in [-0.1, -0.05) is 6.07 Å². The van der Waals surface area contributed by atoms with Crippen molar-refractivity contribution in [3.05, 3.63) is 60.2 Å². The van der Waals surface area contributed by atoms with Crippen LogP contribution in [0.25, 0.3) is 0 Å². The van der Waals surface area contributed by atoms with E-state index < -0.39 is 0 Å². The third kappa shape index (κ3) is 3.49. The Morgan fingerprint density at radius 3 is 2.65 bits per heavy atom. The van der Waals surface area contributed by atoms with Gasteiger partial charge in [0.2, 0.25) is 0 Å². The smallest absolute Gasteiger partial charge is 0.255 e. The summed E-state index contributed by atoms with van der Waals surface area (Å²) in [7, 11) is 2.20.